The van der Waals surface area contributed by atoms with Crippen molar-refractivity contribution in [1.29, 1.82) is 0 Å². The molecular formula is C16H25N5. The summed E-state index contributed by atoms with van der Waals surface area (Å²) in [6, 6.07) is 9.93. The number of hydrogen-bond donors (Lipinski definition) is 1. The van der Waals surface area contributed by atoms with Gasteiger partial charge in [0.05, 0.1) is 6.54 Å². The van der Waals surface area contributed by atoms with Gasteiger partial charge in [-0.15, -0.1) is 10.2 Å². The molecule has 0 aliphatic rings. The highest BCUT2D eigenvalue weighted by molar-refractivity contribution is 5.52. The maximum atomic E-state index is 4.48. The molecule has 114 valence electrons. The van der Waals surface area contributed by atoms with Crippen molar-refractivity contribution in [2.45, 2.75) is 46.7 Å². The van der Waals surface area contributed by atoms with E-state index in [2.05, 4.69) is 55.3 Å². The monoisotopic (exact) mass is 287 g/mol. The quantitative estimate of drug-likeness (QED) is 0.918. The highest BCUT2D eigenvalue weighted by Crippen LogP contribution is 2.18. The van der Waals surface area contributed by atoms with Gasteiger partial charge in [-0.2, -0.15) is 4.80 Å². The predicted molar refractivity (Wildman–Crippen MR) is 84.8 cm³/mol. The molecule has 5 nitrogen and oxygen atoms in total. The Bertz CT molecular complexity index is 566. The largest absolute Gasteiger partial charge is 0.311 e. The maximum Gasteiger partial charge on any atom is 0.204 e. The molecule has 0 atom stereocenters. The summed E-state index contributed by atoms with van der Waals surface area (Å²) in [7, 11) is 0. The summed E-state index contributed by atoms with van der Waals surface area (Å²) >= 11 is 0. The van der Waals surface area contributed by atoms with Crippen LogP contribution in [0.2, 0.25) is 0 Å². The van der Waals surface area contributed by atoms with Crippen molar-refractivity contribution in [1.82, 2.24) is 25.5 Å². The first-order valence-corrected chi connectivity index (χ1v) is 7.33. The molecule has 5 heteroatoms. The Labute approximate surface area is 126 Å². The molecule has 0 saturated carbocycles. The topological polar surface area (TPSA) is 55.6 Å². The smallest absolute Gasteiger partial charge is 0.204 e. The first kappa shape index (κ1) is 15.6. The average Bonchev–Trinajstić information content (AvgIpc) is 2.85. The lowest BCUT2D eigenvalue weighted by Gasteiger charge is -2.29. The minimum absolute atomic E-state index is 0.0575. The number of nitrogens with zero attached hydrogens (tertiary/aromatic N) is 4. The van der Waals surface area contributed by atoms with Crippen molar-refractivity contribution in [2.24, 2.45) is 5.41 Å². The van der Waals surface area contributed by atoms with Crippen LogP contribution in [0.5, 0.6) is 0 Å². The van der Waals surface area contributed by atoms with E-state index in [4.69, 9.17) is 0 Å². The molecule has 0 radical (unpaired) electrons. The fraction of sp³-hybridized carbons (Fsp3) is 0.562. The summed E-state index contributed by atoms with van der Waals surface area (Å²) in [5.74, 6) is 0.676. The molecule has 0 unspecified atom stereocenters. The van der Waals surface area contributed by atoms with Gasteiger partial charge < -0.3 is 5.32 Å². The number of nitrogens with one attached hydrogen (secondary N) is 1. The van der Waals surface area contributed by atoms with E-state index in [0.29, 0.717) is 5.82 Å². The van der Waals surface area contributed by atoms with E-state index < -0.39 is 0 Å². The first-order valence-electron chi connectivity index (χ1n) is 7.33. The van der Waals surface area contributed by atoms with Crippen LogP contribution in [0.3, 0.4) is 0 Å². The van der Waals surface area contributed by atoms with Crippen molar-refractivity contribution in [3.63, 3.8) is 0 Å². The lowest BCUT2D eigenvalue weighted by Crippen LogP contribution is -2.43. The van der Waals surface area contributed by atoms with Crippen LogP contribution in [0.4, 0.5) is 0 Å². The van der Waals surface area contributed by atoms with Gasteiger partial charge in [-0.3, -0.25) is 0 Å². The third kappa shape index (κ3) is 4.93. The van der Waals surface area contributed by atoms with Crippen LogP contribution in [-0.4, -0.2) is 32.3 Å². The van der Waals surface area contributed by atoms with Gasteiger partial charge in [-0.1, -0.05) is 44.2 Å². The molecule has 0 amide bonds. The molecule has 0 saturated heterocycles. The molecule has 0 aliphatic carbocycles. The minimum atomic E-state index is 0.0575. The number of tetrazole rings is 1. The molecule has 1 aromatic carbocycles. The third-order valence-electron chi connectivity index (χ3n) is 3.15. The van der Waals surface area contributed by atoms with E-state index in [1.807, 2.05) is 30.3 Å². The number of hydrogen-bond acceptors (Lipinski definition) is 4. The van der Waals surface area contributed by atoms with Crippen molar-refractivity contribution in [3.05, 3.63) is 30.3 Å². The Morgan fingerprint density at radius 1 is 1.05 bits per heavy atom. The lowest BCUT2D eigenvalue weighted by molar-refractivity contribution is 0.233. The van der Waals surface area contributed by atoms with Crippen molar-refractivity contribution >= 4 is 0 Å². The molecule has 0 spiro atoms. The first-order chi connectivity index (χ1) is 9.75. The Morgan fingerprint density at radius 2 is 1.71 bits per heavy atom. The van der Waals surface area contributed by atoms with Gasteiger partial charge in [-0.25, -0.2) is 0 Å². The maximum absolute atomic E-state index is 4.48. The van der Waals surface area contributed by atoms with Crippen LogP contribution >= 0.6 is 0 Å². The molecule has 0 fully saturated rings. The summed E-state index contributed by atoms with van der Waals surface area (Å²) in [6.45, 7) is 12.6. The van der Waals surface area contributed by atoms with E-state index in [1.54, 1.807) is 4.80 Å². The highest BCUT2D eigenvalue weighted by atomic mass is 15.6. The summed E-state index contributed by atoms with van der Waals surface area (Å²) in [6.07, 6.45) is 0. The summed E-state index contributed by atoms with van der Waals surface area (Å²) in [4.78, 5) is 1.69. The van der Waals surface area contributed by atoms with Crippen molar-refractivity contribution < 1.29 is 0 Å². The second-order valence-corrected chi connectivity index (χ2v) is 7.28. The summed E-state index contributed by atoms with van der Waals surface area (Å²) < 4.78 is 0. The van der Waals surface area contributed by atoms with Crippen LogP contribution in [0.15, 0.2) is 30.3 Å². The van der Waals surface area contributed by atoms with Gasteiger partial charge in [0.2, 0.25) is 5.82 Å². The van der Waals surface area contributed by atoms with Crippen LogP contribution in [0, 0.1) is 5.41 Å². The van der Waals surface area contributed by atoms with Crippen LogP contribution < -0.4 is 5.32 Å². The molecule has 0 aliphatic heterocycles. The van der Waals surface area contributed by atoms with Gasteiger partial charge in [0.15, 0.2) is 0 Å². The Kier molecular flexibility index (Phi) is 4.42. The van der Waals surface area contributed by atoms with E-state index in [-0.39, 0.29) is 11.0 Å². The third-order valence-corrected chi connectivity index (χ3v) is 3.15. The molecule has 1 aromatic heterocycles. The fourth-order valence-electron chi connectivity index (χ4n) is 1.96. The molecule has 1 heterocycles. The molecular weight excluding hydrogens is 262 g/mol. The van der Waals surface area contributed by atoms with E-state index >= 15 is 0 Å². The second kappa shape index (κ2) is 5.93. The molecule has 1 N–H and O–H groups in total. The Hall–Kier alpha value is -1.75. The Morgan fingerprint density at radius 3 is 2.33 bits per heavy atom. The molecule has 2 aromatic rings. The zero-order valence-electron chi connectivity index (χ0n) is 13.6. The van der Waals surface area contributed by atoms with Crippen molar-refractivity contribution in [3.8, 4) is 11.4 Å². The molecule has 2 rings (SSSR count). The van der Waals surface area contributed by atoms with Crippen molar-refractivity contribution in [2.75, 3.05) is 6.54 Å². The normalized spacial score (nSPS) is 12.6. The van der Waals surface area contributed by atoms with Gasteiger partial charge in [0.25, 0.3) is 0 Å². The standard InChI is InChI=1S/C16H25N5/c1-15(2,3)17-11-16(4,5)12-21-19-14(18-20-21)13-9-7-6-8-10-13/h6-10,17H,11-12H2,1-5H3. The minimum Gasteiger partial charge on any atom is -0.311 e. The highest BCUT2D eigenvalue weighted by Gasteiger charge is 2.23. The number of rotatable bonds is 5. The second-order valence-electron chi connectivity index (χ2n) is 7.28. The van der Waals surface area contributed by atoms with E-state index in [1.165, 1.54) is 0 Å². The predicted octanol–water partition coefficient (Wildman–Crippen LogP) is 2.75. The molecule has 0 bridgehead atoms. The summed E-state index contributed by atoms with van der Waals surface area (Å²) in [5, 5.41) is 16.3. The number of benzene rings is 1. The van der Waals surface area contributed by atoms with E-state index in [0.717, 1.165) is 18.7 Å². The lowest BCUT2D eigenvalue weighted by atomic mass is 9.92. The van der Waals surface area contributed by atoms with Gasteiger partial charge in [-0.05, 0) is 31.4 Å². The molecule has 21 heavy (non-hydrogen) atoms. The van der Waals surface area contributed by atoms with Gasteiger partial charge in [0, 0.05) is 17.6 Å². The fourth-order valence-corrected chi connectivity index (χ4v) is 1.96. The van der Waals surface area contributed by atoms with Crippen LogP contribution in [0.1, 0.15) is 34.6 Å². The zero-order chi connectivity index (χ0) is 15.5. The SMILES string of the molecule is CC(C)(CNC(C)(C)C)Cn1nnc(-c2ccccc2)n1. The average molecular weight is 287 g/mol. The number of aromatic nitrogens is 4. The van der Waals surface area contributed by atoms with Crippen LogP contribution in [0.25, 0.3) is 11.4 Å². The van der Waals surface area contributed by atoms with Gasteiger partial charge >= 0.3 is 0 Å². The summed E-state index contributed by atoms with van der Waals surface area (Å²) in [5.41, 5.74) is 1.17. The zero-order valence-corrected chi connectivity index (χ0v) is 13.6. The Balaban J connectivity index is 2.02. The van der Waals surface area contributed by atoms with E-state index in [9.17, 15) is 0 Å². The van der Waals surface area contributed by atoms with Crippen LogP contribution in [-0.2, 0) is 6.54 Å². The van der Waals surface area contributed by atoms with Gasteiger partial charge in [0.1, 0.15) is 0 Å².